The topological polar surface area (TPSA) is 0 Å². The van der Waals surface area contributed by atoms with Gasteiger partial charge in [-0.1, -0.05) is 18.2 Å². The summed E-state index contributed by atoms with van der Waals surface area (Å²) in [4.78, 5) is 0. The van der Waals surface area contributed by atoms with E-state index in [1.807, 2.05) is 26.0 Å². The summed E-state index contributed by atoms with van der Waals surface area (Å²) in [6, 6.07) is 9.22. The molecule has 100 valence electrons. The van der Waals surface area contributed by atoms with E-state index < -0.39 is 0 Å². The molecule has 0 amide bonds. The highest BCUT2D eigenvalue weighted by atomic mass is 35.5. The third kappa shape index (κ3) is 2.66. The molecule has 1 atom stereocenters. The summed E-state index contributed by atoms with van der Waals surface area (Å²) in [5.74, 6) is -0.205. The predicted molar refractivity (Wildman–Crippen MR) is 79.5 cm³/mol. The van der Waals surface area contributed by atoms with E-state index in [2.05, 4.69) is 19.9 Å². The van der Waals surface area contributed by atoms with E-state index in [0.29, 0.717) is 0 Å². The van der Waals surface area contributed by atoms with E-state index in [0.717, 1.165) is 22.3 Å². The minimum atomic E-state index is -0.236. The lowest BCUT2D eigenvalue weighted by Crippen LogP contribution is -2.03. The highest BCUT2D eigenvalue weighted by Gasteiger charge is 2.18. The molecule has 0 saturated heterocycles. The van der Waals surface area contributed by atoms with Crippen LogP contribution in [0.3, 0.4) is 0 Å². The van der Waals surface area contributed by atoms with Gasteiger partial charge in [-0.05, 0) is 73.2 Å². The molecule has 2 aromatic rings. The van der Waals surface area contributed by atoms with Crippen LogP contribution in [0.25, 0.3) is 0 Å². The van der Waals surface area contributed by atoms with E-state index in [1.54, 1.807) is 12.1 Å². The summed E-state index contributed by atoms with van der Waals surface area (Å²) in [6.07, 6.45) is 0. The van der Waals surface area contributed by atoms with E-state index in [-0.39, 0.29) is 11.2 Å². The van der Waals surface area contributed by atoms with Gasteiger partial charge in [0.15, 0.2) is 0 Å². The van der Waals surface area contributed by atoms with Crippen LogP contribution >= 0.6 is 11.6 Å². The molecule has 0 saturated carbocycles. The van der Waals surface area contributed by atoms with Gasteiger partial charge < -0.3 is 0 Å². The Morgan fingerprint density at radius 2 is 1.53 bits per heavy atom. The number of hydrogen-bond donors (Lipinski definition) is 0. The van der Waals surface area contributed by atoms with Gasteiger partial charge in [0, 0.05) is 0 Å². The molecule has 0 aliphatic rings. The van der Waals surface area contributed by atoms with E-state index in [9.17, 15) is 4.39 Å². The van der Waals surface area contributed by atoms with Crippen LogP contribution in [-0.4, -0.2) is 0 Å². The third-order valence-electron chi connectivity index (χ3n) is 3.73. The normalized spacial score (nSPS) is 12.5. The van der Waals surface area contributed by atoms with Crippen molar-refractivity contribution in [1.29, 1.82) is 0 Å². The number of rotatable bonds is 2. The number of aryl methyl sites for hydroxylation is 3. The lowest BCUT2D eigenvalue weighted by atomic mass is 9.92. The summed E-state index contributed by atoms with van der Waals surface area (Å²) in [7, 11) is 0. The Balaban J connectivity index is 2.56. The molecule has 2 heteroatoms. The fraction of sp³-hybridized carbons (Fsp3) is 0.294. The molecular weight excluding hydrogens is 259 g/mol. The van der Waals surface area contributed by atoms with Crippen LogP contribution < -0.4 is 0 Å². The van der Waals surface area contributed by atoms with Crippen molar-refractivity contribution in [2.75, 3.05) is 0 Å². The maximum Gasteiger partial charge on any atom is 0.123 e. The summed E-state index contributed by atoms with van der Waals surface area (Å²) in [5, 5.41) is -0.236. The molecule has 0 aliphatic heterocycles. The van der Waals surface area contributed by atoms with Gasteiger partial charge >= 0.3 is 0 Å². The average Bonchev–Trinajstić information content (AvgIpc) is 2.31. The molecule has 19 heavy (non-hydrogen) atoms. The Kier molecular flexibility index (Phi) is 3.96. The molecule has 0 aromatic heterocycles. The summed E-state index contributed by atoms with van der Waals surface area (Å²) < 4.78 is 13.4. The number of halogens is 2. The minimum absolute atomic E-state index is 0.205. The van der Waals surface area contributed by atoms with Crippen molar-refractivity contribution in [3.63, 3.8) is 0 Å². The smallest absolute Gasteiger partial charge is 0.123 e. The highest BCUT2D eigenvalue weighted by Crippen LogP contribution is 2.36. The van der Waals surface area contributed by atoms with Crippen molar-refractivity contribution in [1.82, 2.24) is 0 Å². The Hall–Kier alpha value is -1.34. The van der Waals surface area contributed by atoms with Crippen LogP contribution in [-0.2, 0) is 0 Å². The van der Waals surface area contributed by atoms with Crippen molar-refractivity contribution < 1.29 is 4.39 Å². The molecule has 0 spiro atoms. The Morgan fingerprint density at radius 3 is 2.11 bits per heavy atom. The molecule has 0 bridgehead atoms. The lowest BCUT2D eigenvalue weighted by Gasteiger charge is -2.19. The van der Waals surface area contributed by atoms with Gasteiger partial charge in [-0.2, -0.15) is 0 Å². The van der Waals surface area contributed by atoms with Crippen molar-refractivity contribution in [3.05, 3.63) is 69.5 Å². The maximum absolute atomic E-state index is 13.4. The van der Waals surface area contributed by atoms with Gasteiger partial charge in [-0.15, -0.1) is 11.6 Å². The van der Waals surface area contributed by atoms with E-state index >= 15 is 0 Å². The molecule has 0 aliphatic carbocycles. The van der Waals surface area contributed by atoms with Crippen LogP contribution in [0.5, 0.6) is 0 Å². The first-order valence-corrected chi connectivity index (χ1v) is 6.82. The quantitative estimate of drug-likeness (QED) is 0.645. The molecule has 1 unspecified atom stereocenters. The van der Waals surface area contributed by atoms with Crippen molar-refractivity contribution in [2.24, 2.45) is 0 Å². The van der Waals surface area contributed by atoms with E-state index in [1.165, 1.54) is 11.1 Å². The van der Waals surface area contributed by atoms with Gasteiger partial charge in [0.1, 0.15) is 5.82 Å². The van der Waals surface area contributed by atoms with Crippen LogP contribution in [0.15, 0.2) is 30.3 Å². The van der Waals surface area contributed by atoms with Gasteiger partial charge in [-0.25, -0.2) is 4.39 Å². The highest BCUT2D eigenvalue weighted by molar-refractivity contribution is 6.23. The van der Waals surface area contributed by atoms with Crippen LogP contribution in [0.4, 0.5) is 4.39 Å². The standard InChI is InChI=1S/C17H18ClF/c1-10-6-5-7-15(13(10)4)17(18)16-11(2)8-14(19)9-12(16)3/h5-9,17H,1-4H3. The molecule has 0 fully saturated rings. The molecule has 0 heterocycles. The van der Waals surface area contributed by atoms with E-state index in [4.69, 9.17) is 11.6 Å². The second-order valence-electron chi connectivity index (χ2n) is 5.10. The number of hydrogen-bond acceptors (Lipinski definition) is 0. The third-order valence-corrected chi connectivity index (χ3v) is 4.18. The zero-order valence-electron chi connectivity index (χ0n) is 11.7. The first-order valence-electron chi connectivity index (χ1n) is 6.38. The summed E-state index contributed by atoms with van der Waals surface area (Å²) in [6.45, 7) is 7.97. The number of benzene rings is 2. The van der Waals surface area contributed by atoms with Gasteiger partial charge in [-0.3, -0.25) is 0 Å². The van der Waals surface area contributed by atoms with Crippen LogP contribution in [0, 0.1) is 33.5 Å². The average molecular weight is 277 g/mol. The first-order chi connectivity index (χ1) is 8.91. The Bertz CT molecular complexity index is 594. The SMILES string of the molecule is Cc1cccc(C(Cl)c2c(C)cc(F)cc2C)c1C. The van der Waals surface area contributed by atoms with Crippen LogP contribution in [0.2, 0.25) is 0 Å². The monoisotopic (exact) mass is 276 g/mol. The first kappa shape index (κ1) is 14.1. The fourth-order valence-electron chi connectivity index (χ4n) is 2.53. The van der Waals surface area contributed by atoms with Crippen molar-refractivity contribution >= 4 is 11.6 Å². The number of alkyl halides is 1. The fourth-order valence-corrected chi connectivity index (χ4v) is 3.11. The van der Waals surface area contributed by atoms with Gasteiger partial charge in [0.2, 0.25) is 0 Å². The Morgan fingerprint density at radius 1 is 0.947 bits per heavy atom. The molecule has 0 radical (unpaired) electrons. The van der Waals surface area contributed by atoms with Crippen molar-refractivity contribution in [3.8, 4) is 0 Å². The molecule has 2 aromatic carbocycles. The van der Waals surface area contributed by atoms with Gasteiger partial charge in [0.25, 0.3) is 0 Å². The largest absolute Gasteiger partial charge is 0.207 e. The second kappa shape index (κ2) is 5.34. The lowest BCUT2D eigenvalue weighted by molar-refractivity contribution is 0.624. The van der Waals surface area contributed by atoms with Crippen molar-refractivity contribution in [2.45, 2.75) is 33.1 Å². The van der Waals surface area contributed by atoms with Gasteiger partial charge in [0.05, 0.1) is 5.38 Å². The molecule has 0 N–H and O–H groups in total. The maximum atomic E-state index is 13.4. The minimum Gasteiger partial charge on any atom is -0.207 e. The summed E-state index contributed by atoms with van der Waals surface area (Å²) >= 11 is 6.65. The molecule has 2 rings (SSSR count). The zero-order chi connectivity index (χ0) is 14.2. The molecule has 0 nitrogen and oxygen atoms in total. The molecular formula is C17H18ClF. The second-order valence-corrected chi connectivity index (χ2v) is 5.54. The van der Waals surface area contributed by atoms with Crippen LogP contribution in [0.1, 0.15) is 38.8 Å². The predicted octanol–water partition coefficient (Wildman–Crippen LogP) is 5.39. The summed E-state index contributed by atoms with van der Waals surface area (Å²) in [5.41, 5.74) is 6.33. The zero-order valence-corrected chi connectivity index (χ0v) is 12.5. The Labute approximate surface area is 119 Å².